The first kappa shape index (κ1) is 29.5. The van der Waals surface area contributed by atoms with Crippen LogP contribution in [0.1, 0.15) is 0 Å². The monoisotopic (exact) mass is 675 g/mol. The van der Waals surface area contributed by atoms with Crippen molar-refractivity contribution in [2.45, 2.75) is 0 Å². The minimum absolute atomic E-state index is 0.698. The van der Waals surface area contributed by atoms with E-state index in [9.17, 15) is 0 Å². The van der Waals surface area contributed by atoms with Gasteiger partial charge in [-0.2, -0.15) is 0 Å². The van der Waals surface area contributed by atoms with Crippen LogP contribution in [-0.4, -0.2) is 15.0 Å². The average molecular weight is 676 g/mol. The normalized spacial score (nSPS) is 11.8. The van der Waals surface area contributed by atoms with Crippen LogP contribution >= 0.6 is 0 Å². The van der Waals surface area contributed by atoms with Gasteiger partial charge in [-0.25, -0.2) is 15.0 Å². The molecule has 4 nitrogen and oxygen atoms in total. The molecule has 0 N–H and O–H groups in total. The minimum Gasteiger partial charge on any atom is -0.455 e. The second-order valence-corrected chi connectivity index (χ2v) is 13.5. The van der Waals surface area contributed by atoms with Crippen molar-refractivity contribution in [2.24, 2.45) is 0 Å². The van der Waals surface area contributed by atoms with Gasteiger partial charge in [-0.15, -0.1) is 0 Å². The van der Waals surface area contributed by atoms with Gasteiger partial charge in [0.1, 0.15) is 11.2 Å². The summed E-state index contributed by atoms with van der Waals surface area (Å²) >= 11 is 0. The Balaban J connectivity index is 1.10. The second-order valence-electron chi connectivity index (χ2n) is 13.5. The summed E-state index contributed by atoms with van der Waals surface area (Å²) in [5.74, 6) is 0.698. The lowest BCUT2D eigenvalue weighted by atomic mass is 9.96. The van der Waals surface area contributed by atoms with Gasteiger partial charge in [0.2, 0.25) is 0 Å². The first-order valence-electron chi connectivity index (χ1n) is 17.9. The lowest BCUT2D eigenvalue weighted by molar-refractivity contribution is 0.673. The van der Waals surface area contributed by atoms with Gasteiger partial charge in [-0.1, -0.05) is 152 Å². The predicted molar refractivity (Wildman–Crippen MR) is 219 cm³/mol. The Kier molecular flexibility index (Phi) is 6.52. The lowest BCUT2D eigenvalue weighted by Crippen LogP contribution is -1.97. The Morgan fingerprint density at radius 1 is 0.377 bits per heavy atom. The highest BCUT2D eigenvalue weighted by atomic mass is 16.3. The number of rotatable bonds is 4. The molecule has 0 aliphatic heterocycles. The third-order valence-corrected chi connectivity index (χ3v) is 10.5. The van der Waals surface area contributed by atoms with Crippen molar-refractivity contribution in [3.05, 3.63) is 176 Å². The van der Waals surface area contributed by atoms with E-state index in [1.807, 2.05) is 18.2 Å². The molecule has 0 amide bonds. The number of fused-ring (bicyclic) bond motifs is 9. The van der Waals surface area contributed by atoms with Crippen LogP contribution in [0.15, 0.2) is 180 Å². The fraction of sp³-hybridized carbons (Fsp3) is 0. The summed E-state index contributed by atoms with van der Waals surface area (Å²) in [7, 11) is 0. The van der Waals surface area contributed by atoms with Gasteiger partial charge in [0, 0.05) is 49.2 Å². The molecule has 0 atom stereocenters. The SMILES string of the molecule is c1ccc2c(-c3cc(-c4ccc(-c5nc6ccccc6c6c5ccc5c7ccccc7oc56)cc4)nc(-c4cccc5ccccc45)n3)cccc2c1. The molecule has 11 aromatic rings. The molecule has 246 valence electrons. The summed E-state index contributed by atoms with van der Waals surface area (Å²) in [5.41, 5.74) is 9.49. The van der Waals surface area contributed by atoms with E-state index in [4.69, 9.17) is 19.4 Å². The van der Waals surface area contributed by atoms with E-state index in [1.165, 1.54) is 5.39 Å². The molecular formula is C49H29N3O. The van der Waals surface area contributed by atoms with Crippen molar-refractivity contribution >= 4 is 65.2 Å². The summed E-state index contributed by atoms with van der Waals surface area (Å²) in [6, 6.07) is 61.3. The standard InChI is InChI=1S/C49H29N3O/c1-3-15-34-30(11-1)13-9-19-36(34)44-29-43(51-49(52-44)39-20-10-14-31-12-2-4-16-35(31)39)32-23-25-33(26-24-32)47-41-28-27-38-37-17-6-8-22-45(37)53-48(38)46(41)40-18-5-7-21-42(40)50-47/h1-29H. The fourth-order valence-corrected chi connectivity index (χ4v) is 7.96. The van der Waals surface area contributed by atoms with Crippen molar-refractivity contribution in [3.63, 3.8) is 0 Å². The maximum atomic E-state index is 6.55. The second kappa shape index (κ2) is 11.7. The Morgan fingerprint density at radius 3 is 1.75 bits per heavy atom. The minimum atomic E-state index is 0.698. The van der Waals surface area contributed by atoms with Crippen LogP contribution in [0.4, 0.5) is 0 Å². The molecule has 53 heavy (non-hydrogen) atoms. The molecule has 3 heterocycles. The quantitative estimate of drug-likeness (QED) is 0.174. The molecule has 0 aliphatic carbocycles. The van der Waals surface area contributed by atoms with E-state index in [1.54, 1.807) is 0 Å². The largest absolute Gasteiger partial charge is 0.455 e. The molecule has 11 rings (SSSR count). The number of hydrogen-bond donors (Lipinski definition) is 0. The van der Waals surface area contributed by atoms with E-state index in [2.05, 4.69) is 158 Å². The van der Waals surface area contributed by atoms with Gasteiger partial charge in [-0.05, 0) is 45.8 Å². The summed E-state index contributed by atoms with van der Waals surface area (Å²) in [6.45, 7) is 0. The topological polar surface area (TPSA) is 51.8 Å². The smallest absolute Gasteiger partial charge is 0.161 e. The molecule has 0 radical (unpaired) electrons. The number of nitrogens with zero attached hydrogens (tertiary/aromatic N) is 3. The van der Waals surface area contributed by atoms with Crippen LogP contribution in [-0.2, 0) is 0 Å². The van der Waals surface area contributed by atoms with E-state index in [0.29, 0.717) is 5.82 Å². The summed E-state index contributed by atoms with van der Waals surface area (Å²) in [4.78, 5) is 15.7. The molecule has 4 heteroatoms. The van der Waals surface area contributed by atoms with E-state index < -0.39 is 0 Å². The molecule has 0 spiro atoms. The molecule has 0 aliphatic rings. The summed E-state index contributed by atoms with van der Waals surface area (Å²) in [6.07, 6.45) is 0. The van der Waals surface area contributed by atoms with E-state index >= 15 is 0 Å². The Labute approximate surface area is 304 Å². The fourth-order valence-electron chi connectivity index (χ4n) is 7.96. The van der Waals surface area contributed by atoms with Gasteiger partial charge >= 0.3 is 0 Å². The molecule has 3 aromatic heterocycles. The zero-order valence-corrected chi connectivity index (χ0v) is 28.5. The van der Waals surface area contributed by atoms with Crippen LogP contribution in [0.25, 0.3) is 110 Å². The maximum Gasteiger partial charge on any atom is 0.161 e. The third-order valence-electron chi connectivity index (χ3n) is 10.5. The predicted octanol–water partition coefficient (Wildman–Crippen LogP) is 13.1. The third kappa shape index (κ3) is 4.73. The van der Waals surface area contributed by atoms with Gasteiger partial charge in [0.05, 0.1) is 22.6 Å². The molecule has 0 bridgehead atoms. The summed E-state index contributed by atoms with van der Waals surface area (Å²) in [5, 5.41) is 10.1. The highest BCUT2D eigenvalue weighted by Gasteiger charge is 2.18. The Morgan fingerprint density at radius 2 is 0.962 bits per heavy atom. The van der Waals surface area contributed by atoms with Crippen LogP contribution in [0.3, 0.4) is 0 Å². The molecule has 0 unspecified atom stereocenters. The first-order chi connectivity index (χ1) is 26.3. The van der Waals surface area contributed by atoms with Crippen molar-refractivity contribution in [2.75, 3.05) is 0 Å². The number of hydrogen-bond acceptors (Lipinski definition) is 4. The van der Waals surface area contributed by atoms with Crippen molar-refractivity contribution < 1.29 is 4.42 Å². The average Bonchev–Trinajstić information content (AvgIpc) is 3.62. The van der Waals surface area contributed by atoms with Crippen LogP contribution in [0.5, 0.6) is 0 Å². The van der Waals surface area contributed by atoms with Crippen molar-refractivity contribution in [1.82, 2.24) is 15.0 Å². The summed E-state index contributed by atoms with van der Waals surface area (Å²) < 4.78 is 6.55. The number of pyridine rings is 1. The highest BCUT2D eigenvalue weighted by Crippen LogP contribution is 2.41. The first-order valence-corrected chi connectivity index (χ1v) is 17.9. The van der Waals surface area contributed by atoms with Gasteiger partial charge < -0.3 is 4.42 Å². The number of para-hydroxylation sites is 2. The molecule has 0 fully saturated rings. The number of aromatic nitrogens is 3. The number of benzene rings is 8. The van der Waals surface area contributed by atoms with Gasteiger partial charge in [-0.3, -0.25) is 0 Å². The van der Waals surface area contributed by atoms with Crippen molar-refractivity contribution in [1.29, 1.82) is 0 Å². The van der Waals surface area contributed by atoms with Crippen LogP contribution in [0.2, 0.25) is 0 Å². The lowest BCUT2D eigenvalue weighted by Gasteiger charge is -2.13. The molecule has 0 saturated carbocycles. The van der Waals surface area contributed by atoms with Gasteiger partial charge in [0.15, 0.2) is 5.82 Å². The molecule has 0 saturated heterocycles. The van der Waals surface area contributed by atoms with Crippen LogP contribution in [0, 0.1) is 0 Å². The van der Waals surface area contributed by atoms with E-state index in [-0.39, 0.29) is 0 Å². The van der Waals surface area contributed by atoms with Gasteiger partial charge in [0.25, 0.3) is 0 Å². The zero-order chi connectivity index (χ0) is 34.9. The molecular weight excluding hydrogens is 647 g/mol. The zero-order valence-electron chi connectivity index (χ0n) is 28.5. The number of furan rings is 1. The molecule has 8 aromatic carbocycles. The highest BCUT2D eigenvalue weighted by molar-refractivity contribution is 6.24. The Hall–Kier alpha value is -7.17. The Bertz CT molecular complexity index is 3130. The van der Waals surface area contributed by atoms with E-state index in [0.717, 1.165) is 99.1 Å². The van der Waals surface area contributed by atoms with Crippen molar-refractivity contribution in [3.8, 4) is 45.2 Å². The van der Waals surface area contributed by atoms with Crippen LogP contribution < -0.4 is 0 Å². The maximum absolute atomic E-state index is 6.55.